The quantitative estimate of drug-likeness (QED) is 0.378. The van der Waals surface area contributed by atoms with E-state index in [4.69, 9.17) is 15.7 Å². The van der Waals surface area contributed by atoms with E-state index >= 15 is 0 Å². The number of hydrogen-bond donors (Lipinski definition) is 3. The van der Waals surface area contributed by atoms with Gasteiger partial charge in [0.25, 0.3) is 5.91 Å². The summed E-state index contributed by atoms with van der Waals surface area (Å²) in [5, 5.41) is 7.12. The van der Waals surface area contributed by atoms with E-state index in [2.05, 4.69) is 4.98 Å². The highest BCUT2D eigenvalue weighted by atomic mass is 19.4. The van der Waals surface area contributed by atoms with Crippen molar-refractivity contribution in [3.63, 3.8) is 0 Å². The maximum Gasteiger partial charge on any atom is 0.490 e. The van der Waals surface area contributed by atoms with Gasteiger partial charge >= 0.3 is 12.1 Å². The summed E-state index contributed by atoms with van der Waals surface area (Å²) in [5.74, 6) is 1.73. The van der Waals surface area contributed by atoms with E-state index < -0.39 is 12.1 Å². The summed E-state index contributed by atoms with van der Waals surface area (Å²) in [6, 6.07) is 5.03. The molecule has 0 saturated carbocycles. The summed E-state index contributed by atoms with van der Waals surface area (Å²) in [7, 11) is 0. The fourth-order valence-electron chi connectivity index (χ4n) is 0.571. The predicted octanol–water partition coefficient (Wildman–Crippen LogP) is 0.318. The monoisotopic (exact) mass is 251 g/mol. The number of nitrogens with two attached hydrogens (primary N) is 1. The molecule has 17 heavy (non-hydrogen) atoms. The maximum absolute atomic E-state index is 10.7. The molecule has 1 aromatic heterocycles. The largest absolute Gasteiger partial charge is 0.490 e. The summed E-state index contributed by atoms with van der Waals surface area (Å²) in [4.78, 5) is 23.4. The van der Waals surface area contributed by atoms with Crippen LogP contribution in [0.1, 0.15) is 10.5 Å². The number of amides is 1. The van der Waals surface area contributed by atoms with Gasteiger partial charge in [-0.05, 0) is 12.1 Å². The lowest BCUT2D eigenvalue weighted by molar-refractivity contribution is -0.192. The van der Waals surface area contributed by atoms with Gasteiger partial charge in [0.05, 0.1) is 0 Å². The molecule has 9 heteroatoms. The first kappa shape index (κ1) is 14.8. The molecule has 0 atom stereocenters. The summed E-state index contributed by atoms with van der Waals surface area (Å²) >= 11 is 0. The van der Waals surface area contributed by atoms with Gasteiger partial charge < -0.3 is 5.11 Å². The molecular weight excluding hydrogens is 243 g/mol. The van der Waals surface area contributed by atoms with Crippen molar-refractivity contribution in [2.24, 2.45) is 5.84 Å². The Bertz CT molecular complexity index is 381. The Balaban J connectivity index is 0.000000325. The molecule has 0 fully saturated rings. The zero-order valence-corrected chi connectivity index (χ0v) is 8.23. The van der Waals surface area contributed by atoms with Crippen LogP contribution in [-0.2, 0) is 4.79 Å². The van der Waals surface area contributed by atoms with Gasteiger partial charge in [0.2, 0.25) is 0 Å². The topological polar surface area (TPSA) is 105 Å². The molecule has 1 aromatic rings. The summed E-state index contributed by atoms with van der Waals surface area (Å²) < 4.78 is 31.7. The van der Waals surface area contributed by atoms with Crippen LogP contribution in [0.15, 0.2) is 24.4 Å². The molecule has 0 aliphatic heterocycles. The zero-order valence-electron chi connectivity index (χ0n) is 8.23. The van der Waals surface area contributed by atoms with Crippen LogP contribution in [0.3, 0.4) is 0 Å². The number of aromatic nitrogens is 1. The molecule has 6 nitrogen and oxygen atoms in total. The van der Waals surface area contributed by atoms with E-state index in [1.807, 2.05) is 5.43 Å². The van der Waals surface area contributed by atoms with E-state index in [1.54, 1.807) is 18.2 Å². The Kier molecular flexibility index (Phi) is 5.61. The Morgan fingerprint density at radius 3 is 2.18 bits per heavy atom. The van der Waals surface area contributed by atoms with E-state index in [0.29, 0.717) is 5.69 Å². The van der Waals surface area contributed by atoms with Gasteiger partial charge in [0.1, 0.15) is 5.69 Å². The molecule has 0 spiro atoms. The van der Waals surface area contributed by atoms with Crippen molar-refractivity contribution in [3.05, 3.63) is 30.1 Å². The number of alkyl halides is 3. The minimum Gasteiger partial charge on any atom is -0.475 e. The number of nitrogens with one attached hydrogen (secondary N) is 1. The normalized spacial score (nSPS) is 9.88. The smallest absolute Gasteiger partial charge is 0.475 e. The van der Waals surface area contributed by atoms with Crippen LogP contribution < -0.4 is 11.3 Å². The molecule has 0 aromatic carbocycles. The Labute approximate surface area is 93.2 Å². The molecule has 0 saturated heterocycles. The molecule has 0 radical (unpaired) electrons. The Morgan fingerprint density at radius 2 is 1.88 bits per heavy atom. The number of nitrogen functional groups attached to an aromatic ring is 1. The summed E-state index contributed by atoms with van der Waals surface area (Å²) in [5.41, 5.74) is 2.30. The number of carboxylic acids is 1. The van der Waals surface area contributed by atoms with Crippen molar-refractivity contribution >= 4 is 11.9 Å². The Morgan fingerprint density at radius 1 is 1.35 bits per heavy atom. The van der Waals surface area contributed by atoms with Gasteiger partial charge in [0.15, 0.2) is 0 Å². The van der Waals surface area contributed by atoms with Crippen LogP contribution in [0.25, 0.3) is 0 Å². The number of carbonyl (C=O) groups is 2. The number of hydrogen-bond acceptors (Lipinski definition) is 4. The molecule has 0 unspecified atom stereocenters. The molecule has 0 bridgehead atoms. The van der Waals surface area contributed by atoms with Crippen LogP contribution >= 0.6 is 0 Å². The summed E-state index contributed by atoms with van der Waals surface area (Å²) in [6.45, 7) is 0. The third-order valence-corrected chi connectivity index (χ3v) is 1.27. The Hall–Kier alpha value is -2.16. The van der Waals surface area contributed by atoms with Crippen LogP contribution in [0.4, 0.5) is 13.2 Å². The van der Waals surface area contributed by atoms with Crippen molar-refractivity contribution in [3.8, 4) is 0 Å². The fourth-order valence-corrected chi connectivity index (χ4v) is 0.571. The molecule has 1 rings (SSSR count). The van der Waals surface area contributed by atoms with Crippen LogP contribution in [0.5, 0.6) is 0 Å². The van der Waals surface area contributed by atoms with E-state index in [9.17, 15) is 18.0 Å². The fraction of sp³-hybridized carbons (Fsp3) is 0.125. The van der Waals surface area contributed by atoms with Crippen LogP contribution in [-0.4, -0.2) is 28.1 Å². The van der Waals surface area contributed by atoms with Gasteiger partial charge in [-0.25, -0.2) is 10.6 Å². The molecule has 1 heterocycles. The first-order valence-corrected chi connectivity index (χ1v) is 4.01. The van der Waals surface area contributed by atoms with Crippen LogP contribution in [0, 0.1) is 0 Å². The summed E-state index contributed by atoms with van der Waals surface area (Å²) in [6.07, 6.45) is -3.55. The van der Waals surface area contributed by atoms with Gasteiger partial charge in [-0.2, -0.15) is 13.2 Å². The van der Waals surface area contributed by atoms with Gasteiger partial charge in [-0.15, -0.1) is 0 Å². The number of aliphatic carboxylic acids is 1. The van der Waals surface area contributed by atoms with Crippen LogP contribution in [0.2, 0.25) is 0 Å². The second-order valence-electron chi connectivity index (χ2n) is 2.49. The average Bonchev–Trinajstić information content (AvgIpc) is 2.28. The molecule has 4 N–H and O–H groups in total. The second kappa shape index (κ2) is 6.43. The van der Waals surface area contributed by atoms with Crippen molar-refractivity contribution in [2.75, 3.05) is 0 Å². The second-order valence-corrected chi connectivity index (χ2v) is 2.49. The van der Waals surface area contributed by atoms with E-state index in [1.165, 1.54) is 6.20 Å². The number of hydrazine groups is 1. The lowest BCUT2D eigenvalue weighted by Crippen LogP contribution is -2.30. The van der Waals surface area contributed by atoms with Gasteiger partial charge in [-0.1, -0.05) is 6.07 Å². The van der Waals surface area contributed by atoms with E-state index in [0.717, 1.165) is 0 Å². The van der Waals surface area contributed by atoms with E-state index in [-0.39, 0.29) is 5.91 Å². The first-order valence-electron chi connectivity index (χ1n) is 4.01. The number of pyridine rings is 1. The number of carbonyl (C=O) groups excluding carboxylic acids is 1. The van der Waals surface area contributed by atoms with Crippen molar-refractivity contribution < 1.29 is 27.9 Å². The number of carboxylic acid groups (broad SMARTS) is 1. The van der Waals surface area contributed by atoms with Crippen molar-refractivity contribution in [1.82, 2.24) is 10.4 Å². The van der Waals surface area contributed by atoms with Crippen molar-refractivity contribution in [1.29, 1.82) is 0 Å². The standard InChI is InChI=1S/C6H7N3O.C2HF3O2/c7-9-6(10)5-3-1-2-4-8-5;3-2(4,5)1(6)7/h1-4H,7H2,(H,9,10);(H,6,7). The first-order chi connectivity index (χ1) is 7.79. The van der Waals surface area contributed by atoms with Crippen molar-refractivity contribution in [2.45, 2.75) is 6.18 Å². The number of rotatable bonds is 1. The lowest BCUT2D eigenvalue weighted by atomic mass is 10.3. The minimum atomic E-state index is -5.08. The maximum atomic E-state index is 10.7. The average molecular weight is 251 g/mol. The third kappa shape index (κ3) is 6.10. The number of halogens is 3. The molecule has 94 valence electrons. The third-order valence-electron chi connectivity index (χ3n) is 1.27. The molecule has 1 amide bonds. The molecule has 0 aliphatic carbocycles. The molecule has 0 aliphatic rings. The lowest BCUT2D eigenvalue weighted by Gasteiger charge is -1.94. The SMILES string of the molecule is NNC(=O)c1ccccn1.O=C(O)C(F)(F)F. The highest BCUT2D eigenvalue weighted by Gasteiger charge is 2.38. The predicted molar refractivity (Wildman–Crippen MR) is 49.6 cm³/mol. The highest BCUT2D eigenvalue weighted by Crippen LogP contribution is 2.13. The number of nitrogens with zero attached hydrogens (tertiary/aromatic N) is 1. The van der Waals surface area contributed by atoms with Gasteiger partial charge in [0, 0.05) is 6.20 Å². The molecular formula is C8H8F3N3O3. The highest BCUT2D eigenvalue weighted by molar-refractivity contribution is 5.91. The zero-order chi connectivity index (χ0) is 13.5. The van der Waals surface area contributed by atoms with Gasteiger partial charge in [-0.3, -0.25) is 15.2 Å². The minimum absolute atomic E-state index is 0.324.